The minimum absolute atomic E-state index is 0.00403. The Morgan fingerprint density at radius 3 is 2.47 bits per heavy atom. The minimum atomic E-state index is -0.209. The number of carbonyl (C=O) groups excluding carboxylic acids is 1. The summed E-state index contributed by atoms with van der Waals surface area (Å²) in [6.45, 7) is 6.91. The van der Waals surface area contributed by atoms with Crippen LogP contribution in [0.25, 0.3) is 10.4 Å². The van der Waals surface area contributed by atoms with Gasteiger partial charge in [0.1, 0.15) is 0 Å². The van der Waals surface area contributed by atoms with Crippen molar-refractivity contribution in [1.29, 1.82) is 5.26 Å². The molecule has 1 aromatic rings. The number of hydrogen-bond donors (Lipinski definition) is 0. The van der Waals surface area contributed by atoms with Gasteiger partial charge in [0.2, 0.25) is 0 Å². The van der Waals surface area contributed by atoms with E-state index < -0.39 is 0 Å². The van der Waals surface area contributed by atoms with E-state index in [4.69, 9.17) is 35.0 Å². The van der Waals surface area contributed by atoms with Gasteiger partial charge in [0.25, 0.3) is 5.70 Å². The van der Waals surface area contributed by atoms with E-state index in [0.29, 0.717) is 26.7 Å². The van der Waals surface area contributed by atoms with Gasteiger partial charge in [-0.2, -0.15) is 0 Å². The van der Waals surface area contributed by atoms with Crippen LogP contribution in [0.2, 0.25) is 10.0 Å². The molecule has 1 aliphatic carbocycles. The zero-order chi connectivity index (χ0) is 12.6. The van der Waals surface area contributed by atoms with Crippen LogP contribution in [0.4, 0.5) is 0 Å². The van der Waals surface area contributed by atoms with Crippen molar-refractivity contribution >= 4 is 34.6 Å². The fourth-order valence-corrected chi connectivity index (χ4v) is 2.35. The summed E-state index contributed by atoms with van der Waals surface area (Å²) in [6.07, 6.45) is 0.00403. The third-order valence-electron chi connectivity index (χ3n) is 2.53. The second-order valence-corrected chi connectivity index (χ2v) is 4.24. The molecule has 3 nitrogen and oxygen atoms in total. The maximum atomic E-state index is 11.8. The average Bonchev–Trinajstić information content (AvgIpc) is 2.65. The Kier molecular flexibility index (Phi) is 2.90. The van der Waals surface area contributed by atoms with Crippen LogP contribution in [0, 0.1) is 17.9 Å². The van der Waals surface area contributed by atoms with Crippen LogP contribution >= 0.6 is 23.2 Å². The van der Waals surface area contributed by atoms with Gasteiger partial charge in [-0.05, 0) is 23.3 Å². The summed E-state index contributed by atoms with van der Waals surface area (Å²) in [5, 5.41) is 9.48. The highest BCUT2D eigenvalue weighted by atomic mass is 35.5. The Balaban J connectivity index is 2.86. The average molecular weight is 263 g/mol. The molecule has 0 radical (unpaired) electrons. The lowest BCUT2D eigenvalue weighted by Gasteiger charge is -2.04. The molecule has 0 aliphatic heterocycles. The predicted molar refractivity (Wildman–Crippen MR) is 64.5 cm³/mol. The number of carbonyl (C=O) groups is 1. The Hall–Kier alpha value is -1.81. The second-order valence-electron chi connectivity index (χ2n) is 3.43. The first-order valence-corrected chi connectivity index (χ1v) is 5.38. The summed E-state index contributed by atoms with van der Waals surface area (Å²) in [7, 11) is 0. The summed E-state index contributed by atoms with van der Waals surface area (Å²) in [5.74, 6) is -0.209. The normalized spacial score (nSPS) is 16.1. The molecule has 1 aromatic carbocycles. The van der Waals surface area contributed by atoms with Crippen molar-refractivity contribution in [2.75, 3.05) is 0 Å². The zero-order valence-corrected chi connectivity index (χ0v) is 9.93. The van der Waals surface area contributed by atoms with Crippen molar-refractivity contribution in [3.8, 4) is 6.07 Å². The number of halogens is 2. The first kappa shape index (κ1) is 11.7. The molecule has 0 amide bonds. The number of fused-ring (bicyclic) bond motifs is 1. The monoisotopic (exact) mass is 262 g/mol. The fourth-order valence-electron chi connectivity index (χ4n) is 1.82. The highest BCUT2D eigenvalue weighted by Crippen LogP contribution is 2.42. The molecule has 0 spiro atoms. The van der Waals surface area contributed by atoms with E-state index >= 15 is 0 Å². The molecule has 2 rings (SSSR count). The van der Waals surface area contributed by atoms with Crippen LogP contribution in [0.15, 0.2) is 17.8 Å². The molecule has 0 unspecified atom stereocenters. The van der Waals surface area contributed by atoms with E-state index in [9.17, 15) is 4.79 Å². The molecule has 0 aromatic heterocycles. The Morgan fingerprint density at radius 2 is 1.94 bits per heavy atom. The van der Waals surface area contributed by atoms with Crippen LogP contribution in [0.3, 0.4) is 0 Å². The maximum absolute atomic E-state index is 11.8. The smallest absolute Gasteiger partial charge is 0.266 e. The third kappa shape index (κ3) is 1.70. The molecule has 5 heteroatoms. The molecule has 0 N–H and O–H groups in total. The van der Waals surface area contributed by atoms with Crippen molar-refractivity contribution < 1.29 is 4.79 Å². The van der Waals surface area contributed by atoms with Crippen molar-refractivity contribution in [1.82, 2.24) is 0 Å². The molecule has 82 valence electrons. The lowest BCUT2D eigenvalue weighted by atomic mass is 10.1. The molecule has 0 saturated carbocycles. The number of nitriles is 1. The largest absolute Gasteiger partial charge is 0.294 e. The molecule has 17 heavy (non-hydrogen) atoms. The van der Waals surface area contributed by atoms with Gasteiger partial charge in [0, 0.05) is 17.0 Å². The Labute approximate surface area is 108 Å². The number of nitrogens with zero attached hydrogens (tertiary/aromatic N) is 2. The quantitative estimate of drug-likeness (QED) is 0.528. The first-order chi connectivity index (χ1) is 8.10. The van der Waals surface area contributed by atoms with E-state index in [0.717, 1.165) is 0 Å². The Bertz CT molecular complexity index is 632. The van der Waals surface area contributed by atoms with Gasteiger partial charge in [0.05, 0.1) is 17.7 Å². The van der Waals surface area contributed by atoms with Crippen LogP contribution < -0.4 is 0 Å². The van der Waals surface area contributed by atoms with E-state index in [2.05, 4.69) is 4.85 Å². The fraction of sp³-hybridized carbons (Fsp3) is 0.0833. The summed E-state index contributed by atoms with van der Waals surface area (Å²) in [4.78, 5) is 14.9. The highest BCUT2D eigenvalue weighted by Gasteiger charge is 2.31. The van der Waals surface area contributed by atoms with Gasteiger partial charge in [-0.15, -0.1) is 0 Å². The minimum Gasteiger partial charge on any atom is -0.294 e. The van der Waals surface area contributed by atoms with Crippen molar-refractivity contribution in [2.45, 2.75) is 6.42 Å². The predicted octanol–water partition coefficient (Wildman–Crippen LogP) is 3.73. The standard InChI is InChI=1S/C12H4Cl2N2O/c1-16-9(5-15)6-4-10(17)12-8(14)3-2-7(13)11(6)12/h2-3H,4H2/b9-6+. The number of hydrogen-bond acceptors (Lipinski definition) is 2. The first-order valence-electron chi connectivity index (χ1n) is 4.62. The summed E-state index contributed by atoms with van der Waals surface area (Å²) >= 11 is 11.9. The lowest BCUT2D eigenvalue weighted by Crippen LogP contribution is -1.92. The lowest BCUT2D eigenvalue weighted by molar-refractivity contribution is 0.100. The number of benzene rings is 1. The van der Waals surface area contributed by atoms with Crippen LogP contribution in [0.1, 0.15) is 22.3 Å². The molecule has 1 aliphatic rings. The zero-order valence-electron chi connectivity index (χ0n) is 8.42. The Morgan fingerprint density at radius 1 is 1.35 bits per heavy atom. The van der Waals surface area contributed by atoms with Crippen LogP contribution in [-0.4, -0.2) is 5.78 Å². The summed E-state index contributed by atoms with van der Waals surface area (Å²) in [6, 6.07) is 4.86. The van der Waals surface area contributed by atoms with E-state index in [1.807, 2.05) is 0 Å². The number of rotatable bonds is 0. The molecule has 0 saturated heterocycles. The van der Waals surface area contributed by atoms with Crippen molar-refractivity contribution in [2.24, 2.45) is 0 Å². The third-order valence-corrected chi connectivity index (χ3v) is 3.16. The molecule has 0 bridgehead atoms. The van der Waals surface area contributed by atoms with Crippen LogP contribution in [0.5, 0.6) is 0 Å². The van der Waals surface area contributed by atoms with Crippen LogP contribution in [-0.2, 0) is 0 Å². The summed E-state index contributed by atoms with van der Waals surface area (Å²) in [5.41, 5.74) is 0.999. The maximum Gasteiger partial charge on any atom is 0.266 e. The highest BCUT2D eigenvalue weighted by molar-refractivity contribution is 6.39. The SMILES string of the molecule is [C-]#[N+]/C(C#N)=C1\CC(=O)c2c(Cl)ccc(Cl)c21. The number of allylic oxidation sites excluding steroid dienone is 2. The summed E-state index contributed by atoms with van der Waals surface area (Å²) < 4.78 is 0. The molecular formula is C12H4Cl2N2O. The topological polar surface area (TPSA) is 45.2 Å². The van der Waals surface area contributed by atoms with Gasteiger partial charge in [0.15, 0.2) is 5.78 Å². The molecule has 0 fully saturated rings. The van der Waals surface area contributed by atoms with Gasteiger partial charge >= 0.3 is 0 Å². The number of ketones is 1. The molecular weight excluding hydrogens is 259 g/mol. The van der Waals surface area contributed by atoms with E-state index in [1.165, 1.54) is 6.07 Å². The van der Waals surface area contributed by atoms with Crippen molar-refractivity contribution in [3.05, 3.63) is 50.4 Å². The van der Waals surface area contributed by atoms with Gasteiger partial charge in [-0.1, -0.05) is 23.2 Å². The second kappa shape index (κ2) is 4.22. The van der Waals surface area contributed by atoms with Gasteiger partial charge in [-0.3, -0.25) is 4.79 Å². The van der Waals surface area contributed by atoms with E-state index in [-0.39, 0.29) is 17.9 Å². The van der Waals surface area contributed by atoms with Gasteiger partial charge < -0.3 is 0 Å². The molecule has 0 atom stereocenters. The van der Waals surface area contributed by atoms with Crippen molar-refractivity contribution in [3.63, 3.8) is 0 Å². The van der Waals surface area contributed by atoms with E-state index in [1.54, 1.807) is 12.1 Å². The molecule has 0 heterocycles. The number of Topliss-reactive ketones (excluding diaryl/α,β-unsaturated/α-hetero) is 1. The van der Waals surface area contributed by atoms with Gasteiger partial charge in [-0.25, -0.2) is 10.1 Å².